The fraction of sp³-hybridized carbons (Fsp3) is 0.909. The number of piperidine rings is 1. The largest absolute Gasteiger partial charge is 0.465 e. The van der Waals surface area contributed by atoms with Gasteiger partial charge in [-0.2, -0.15) is 0 Å². The molecule has 1 saturated heterocycles. The van der Waals surface area contributed by atoms with Crippen LogP contribution in [0.25, 0.3) is 10.4 Å². The van der Waals surface area contributed by atoms with Gasteiger partial charge in [0.15, 0.2) is 0 Å². The van der Waals surface area contributed by atoms with Crippen molar-refractivity contribution in [2.75, 3.05) is 13.2 Å². The van der Waals surface area contributed by atoms with Gasteiger partial charge in [-0.25, -0.2) is 4.79 Å². The smallest absolute Gasteiger partial charge is 0.407 e. The van der Waals surface area contributed by atoms with Crippen LogP contribution in [0.2, 0.25) is 0 Å². The van der Waals surface area contributed by atoms with Gasteiger partial charge in [0.05, 0.1) is 18.2 Å². The van der Waals surface area contributed by atoms with Crippen LogP contribution in [0.1, 0.15) is 33.6 Å². The van der Waals surface area contributed by atoms with Crippen LogP contribution in [0.5, 0.6) is 0 Å². The van der Waals surface area contributed by atoms with Gasteiger partial charge in [0, 0.05) is 11.5 Å². The molecule has 2 atom stereocenters. The fourth-order valence-corrected chi connectivity index (χ4v) is 2.63. The minimum atomic E-state index is -1.09. The average Bonchev–Trinajstić information content (AvgIpc) is 2.27. The predicted octanol–water partition coefficient (Wildman–Crippen LogP) is 2.22. The van der Waals surface area contributed by atoms with Crippen molar-refractivity contribution >= 4 is 6.09 Å². The molecule has 18 heavy (non-hydrogen) atoms. The number of carbonyl (C=O) groups is 1. The van der Waals surface area contributed by atoms with Gasteiger partial charge in [-0.1, -0.05) is 25.9 Å². The monoisotopic (exact) mass is 256 g/mol. The van der Waals surface area contributed by atoms with Crippen molar-refractivity contribution in [3.63, 3.8) is 0 Å². The van der Waals surface area contributed by atoms with Crippen molar-refractivity contribution < 1.29 is 15.0 Å². The minimum Gasteiger partial charge on any atom is -0.465 e. The van der Waals surface area contributed by atoms with E-state index in [2.05, 4.69) is 10.0 Å². The van der Waals surface area contributed by atoms with Gasteiger partial charge in [-0.3, -0.25) is 4.90 Å². The van der Waals surface area contributed by atoms with Crippen LogP contribution < -0.4 is 0 Å². The van der Waals surface area contributed by atoms with Crippen molar-refractivity contribution in [3.05, 3.63) is 10.4 Å². The number of hydrogen-bond donors (Lipinski definition) is 2. The Kier molecular flexibility index (Phi) is 4.09. The van der Waals surface area contributed by atoms with E-state index in [0.717, 1.165) is 0 Å². The topological polar surface area (TPSA) is 110 Å². The molecule has 0 aromatic heterocycles. The second-order valence-electron chi connectivity index (χ2n) is 5.73. The molecule has 0 aromatic carbocycles. The highest BCUT2D eigenvalue weighted by molar-refractivity contribution is 5.66. The number of amides is 1. The predicted molar refractivity (Wildman–Crippen MR) is 66.2 cm³/mol. The Labute approximate surface area is 106 Å². The number of azide groups is 1. The Hall–Kier alpha value is -1.46. The van der Waals surface area contributed by atoms with Gasteiger partial charge < -0.3 is 10.2 Å². The first-order valence-corrected chi connectivity index (χ1v) is 5.94. The van der Waals surface area contributed by atoms with E-state index in [4.69, 9.17) is 5.53 Å². The third-order valence-corrected chi connectivity index (χ3v) is 3.90. The summed E-state index contributed by atoms with van der Waals surface area (Å²) in [5, 5.41) is 22.6. The van der Waals surface area contributed by atoms with Crippen LogP contribution in [0.15, 0.2) is 5.11 Å². The van der Waals surface area contributed by atoms with Gasteiger partial charge in [0.1, 0.15) is 0 Å². The Bertz CT molecular complexity index is 373. The van der Waals surface area contributed by atoms with E-state index in [1.807, 2.05) is 20.8 Å². The second kappa shape index (κ2) is 5.04. The van der Waals surface area contributed by atoms with Crippen LogP contribution in [-0.2, 0) is 0 Å². The molecular weight excluding hydrogens is 236 g/mol. The molecule has 1 amide bonds. The van der Waals surface area contributed by atoms with Gasteiger partial charge in [-0.15, -0.1) is 0 Å². The normalized spacial score (nSPS) is 28.7. The molecule has 1 rings (SSSR count). The zero-order chi connectivity index (χ0) is 14.0. The number of rotatable bonds is 2. The molecule has 1 aliphatic heterocycles. The van der Waals surface area contributed by atoms with Crippen molar-refractivity contribution in [3.8, 4) is 0 Å². The summed E-state index contributed by atoms with van der Waals surface area (Å²) in [5.41, 5.74) is 7.23. The van der Waals surface area contributed by atoms with Gasteiger partial charge >= 0.3 is 6.09 Å². The lowest BCUT2D eigenvalue weighted by Crippen LogP contribution is -2.65. The van der Waals surface area contributed by atoms with Crippen LogP contribution in [0, 0.1) is 5.41 Å². The van der Waals surface area contributed by atoms with Crippen molar-refractivity contribution in [1.29, 1.82) is 0 Å². The second-order valence-corrected chi connectivity index (χ2v) is 5.73. The number of nitrogens with zero attached hydrogens (tertiary/aromatic N) is 4. The molecule has 0 bridgehead atoms. The summed E-state index contributed by atoms with van der Waals surface area (Å²) in [7, 11) is 0. The SMILES string of the molecule is CC(C)(C)C1(CO)CCC(N=[N+]=[N-])CN1C(=O)O. The molecule has 0 radical (unpaired) electrons. The van der Waals surface area contributed by atoms with Crippen LogP contribution in [0.3, 0.4) is 0 Å². The zero-order valence-electron chi connectivity index (χ0n) is 11.0. The van der Waals surface area contributed by atoms with Crippen molar-refractivity contribution in [2.24, 2.45) is 10.5 Å². The zero-order valence-corrected chi connectivity index (χ0v) is 11.0. The molecule has 0 spiro atoms. The maximum absolute atomic E-state index is 11.4. The van der Waals surface area contributed by atoms with Crippen LogP contribution >= 0.6 is 0 Å². The summed E-state index contributed by atoms with van der Waals surface area (Å²) >= 11 is 0. The summed E-state index contributed by atoms with van der Waals surface area (Å²) in [6.07, 6.45) is -0.00825. The molecule has 0 saturated carbocycles. The molecule has 102 valence electrons. The molecule has 0 aromatic rings. The minimum absolute atomic E-state index is 0.136. The maximum atomic E-state index is 11.4. The summed E-state index contributed by atoms with van der Waals surface area (Å²) in [6, 6.07) is -0.354. The summed E-state index contributed by atoms with van der Waals surface area (Å²) in [6.45, 7) is 5.64. The summed E-state index contributed by atoms with van der Waals surface area (Å²) < 4.78 is 0. The lowest BCUT2D eigenvalue weighted by molar-refractivity contribution is -0.0629. The van der Waals surface area contributed by atoms with E-state index < -0.39 is 11.6 Å². The number of likely N-dealkylation sites (tertiary alicyclic amines) is 1. The van der Waals surface area contributed by atoms with E-state index >= 15 is 0 Å². The molecule has 7 nitrogen and oxygen atoms in total. The molecule has 1 heterocycles. The lowest BCUT2D eigenvalue weighted by atomic mass is 9.68. The maximum Gasteiger partial charge on any atom is 0.407 e. The standard InChI is InChI=1S/C11H20N4O3/c1-10(2,3)11(7-16)5-4-8(13-14-12)6-15(11)9(17)18/h8,16H,4-7H2,1-3H3,(H,17,18). The summed E-state index contributed by atoms with van der Waals surface area (Å²) in [4.78, 5) is 15.4. The Morgan fingerprint density at radius 1 is 1.61 bits per heavy atom. The van der Waals surface area contributed by atoms with Crippen LogP contribution in [-0.4, -0.2) is 45.9 Å². The molecule has 0 aliphatic carbocycles. The Morgan fingerprint density at radius 3 is 2.61 bits per heavy atom. The highest BCUT2D eigenvalue weighted by Crippen LogP contribution is 2.42. The first-order chi connectivity index (χ1) is 8.28. The quantitative estimate of drug-likeness (QED) is 0.449. The van der Waals surface area contributed by atoms with Gasteiger partial charge in [-0.05, 0) is 23.8 Å². The number of hydrogen-bond acceptors (Lipinski definition) is 3. The Balaban J connectivity index is 3.12. The van der Waals surface area contributed by atoms with E-state index in [9.17, 15) is 15.0 Å². The first-order valence-electron chi connectivity index (χ1n) is 5.94. The van der Waals surface area contributed by atoms with E-state index in [1.54, 1.807) is 0 Å². The molecular formula is C11H20N4O3. The molecule has 1 fully saturated rings. The number of aliphatic hydroxyl groups excluding tert-OH is 1. The third kappa shape index (κ3) is 2.37. The Morgan fingerprint density at radius 2 is 2.22 bits per heavy atom. The highest BCUT2D eigenvalue weighted by atomic mass is 16.4. The van der Waals surface area contributed by atoms with Crippen molar-refractivity contribution in [1.82, 2.24) is 4.90 Å². The summed E-state index contributed by atoms with van der Waals surface area (Å²) in [5.74, 6) is 0. The lowest BCUT2D eigenvalue weighted by Gasteiger charge is -2.53. The van der Waals surface area contributed by atoms with Crippen molar-refractivity contribution in [2.45, 2.75) is 45.2 Å². The number of aliphatic hydroxyl groups is 1. The number of carboxylic acid groups (broad SMARTS) is 1. The highest BCUT2D eigenvalue weighted by Gasteiger charge is 2.51. The van der Waals surface area contributed by atoms with Gasteiger partial charge in [0.25, 0.3) is 0 Å². The molecule has 2 unspecified atom stereocenters. The molecule has 7 heteroatoms. The average molecular weight is 256 g/mol. The first kappa shape index (κ1) is 14.6. The van der Waals surface area contributed by atoms with Crippen LogP contribution in [0.4, 0.5) is 4.79 Å². The third-order valence-electron chi connectivity index (χ3n) is 3.90. The van der Waals surface area contributed by atoms with E-state index in [0.29, 0.717) is 12.8 Å². The molecule has 2 N–H and O–H groups in total. The molecule has 1 aliphatic rings. The van der Waals surface area contributed by atoms with E-state index in [1.165, 1.54) is 4.90 Å². The van der Waals surface area contributed by atoms with E-state index in [-0.39, 0.29) is 24.6 Å². The fourth-order valence-electron chi connectivity index (χ4n) is 2.63. The van der Waals surface area contributed by atoms with Gasteiger partial charge in [0.2, 0.25) is 0 Å².